The molecule has 3 atom stereocenters. The summed E-state index contributed by atoms with van der Waals surface area (Å²) in [7, 11) is 1.69. The molecule has 28 heavy (non-hydrogen) atoms. The molecule has 3 unspecified atom stereocenters. The van der Waals surface area contributed by atoms with Crippen molar-refractivity contribution < 1.29 is 19.1 Å². The van der Waals surface area contributed by atoms with Gasteiger partial charge < -0.3 is 9.47 Å². The number of amides is 2. The number of carbonyl (C=O) groups excluding carboxylic acids is 2. The zero-order valence-corrected chi connectivity index (χ0v) is 16.2. The Kier molecular flexibility index (Phi) is 4.59. The smallest absolute Gasteiger partial charge is 0.395 e. The van der Waals surface area contributed by atoms with E-state index in [-0.39, 0.29) is 11.8 Å². The molecule has 2 aliphatic rings. The predicted octanol–water partition coefficient (Wildman–Crippen LogP) is 3.55. The van der Waals surface area contributed by atoms with E-state index >= 15 is 0 Å². The van der Waals surface area contributed by atoms with E-state index in [1.807, 2.05) is 74.5 Å². The van der Waals surface area contributed by atoms with Crippen LogP contribution in [0.25, 0.3) is 0 Å². The van der Waals surface area contributed by atoms with Crippen LogP contribution in [-0.4, -0.2) is 40.8 Å². The van der Waals surface area contributed by atoms with E-state index in [0.29, 0.717) is 6.54 Å². The molecular weight excluding hydrogens is 356 g/mol. The lowest BCUT2D eigenvalue weighted by molar-refractivity contribution is -0.258. The largest absolute Gasteiger partial charge is 0.414 e. The minimum atomic E-state index is -1.45. The average Bonchev–Trinajstić information content (AvgIpc) is 3.10. The van der Waals surface area contributed by atoms with Gasteiger partial charge in [-0.1, -0.05) is 74.5 Å². The molecule has 6 nitrogen and oxygen atoms in total. The van der Waals surface area contributed by atoms with Gasteiger partial charge in [0.25, 0.3) is 5.91 Å². The molecule has 6 heteroatoms. The van der Waals surface area contributed by atoms with Crippen LogP contribution in [-0.2, 0) is 20.8 Å². The van der Waals surface area contributed by atoms with Gasteiger partial charge in [-0.2, -0.15) is 0 Å². The van der Waals surface area contributed by atoms with Gasteiger partial charge in [-0.15, -0.1) is 0 Å². The SMILES string of the molecule is CC(C)C1N(C)C(=O)OC12OC(c1ccccc1)C(=O)N2Cc1ccccc1. The minimum absolute atomic E-state index is 0.0250. The average molecular weight is 380 g/mol. The van der Waals surface area contributed by atoms with Gasteiger partial charge in [-0.25, -0.2) is 4.79 Å². The molecule has 2 aliphatic heterocycles. The van der Waals surface area contributed by atoms with Crippen molar-refractivity contribution in [1.82, 2.24) is 9.80 Å². The van der Waals surface area contributed by atoms with Gasteiger partial charge in [-0.3, -0.25) is 14.6 Å². The molecule has 0 saturated carbocycles. The topological polar surface area (TPSA) is 59.1 Å². The van der Waals surface area contributed by atoms with Gasteiger partial charge >= 0.3 is 12.0 Å². The predicted molar refractivity (Wildman–Crippen MR) is 103 cm³/mol. The number of benzene rings is 2. The second kappa shape index (κ2) is 6.95. The van der Waals surface area contributed by atoms with Crippen molar-refractivity contribution >= 4 is 12.0 Å². The summed E-state index contributed by atoms with van der Waals surface area (Å²) in [6, 6.07) is 18.6. The Morgan fingerprint density at radius 3 is 2.21 bits per heavy atom. The fourth-order valence-corrected chi connectivity index (χ4v) is 4.16. The number of rotatable bonds is 4. The van der Waals surface area contributed by atoms with Crippen LogP contribution in [0.5, 0.6) is 0 Å². The highest BCUT2D eigenvalue weighted by Gasteiger charge is 2.66. The minimum Gasteiger partial charge on any atom is -0.395 e. The highest BCUT2D eigenvalue weighted by Crippen LogP contribution is 2.47. The molecule has 0 radical (unpaired) electrons. The normalized spacial score (nSPS) is 27.1. The van der Waals surface area contributed by atoms with E-state index in [0.717, 1.165) is 11.1 Å². The maximum absolute atomic E-state index is 13.4. The van der Waals surface area contributed by atoms with E-state index in [2.05, 4.69) is 0 Å². The van der Waals surface area contributed by atoms with Crippen LogP contribution in [0.2, 0.25) is 0 Å². The molecule has 0 aliphatic carbocycles. The molecule has 1 spiro atoms. The molecular formula is C22H24N2O4. The molecule has 2 amide bonds. The van der Waals surface area contributed by atoms with Gasteiger partial charge in [0, 0.05) is 7.05 Å². The molecule has 0 N–H and O–H groups in total. The van der Waals surface area contributed by atoms with E-state index in [1.165, 1.54) is 4.90 Å². The van der Waals surface area contributed by atoms with Gasteiger partial charge in [0.2, 0.25) is 0 Å². The third-order valence-electron chi connectivity index (χ3n) is 5.38. The van der Waals surface area contributed by atoms with Crippen LogP contribution in [0, 0.1) is 5.92 Å². The second-order valence-electron chi connectivity index (χ2n) is 7.62. The lowest BCUT2D eigenvalue weighted by atomic mass is 9.99. The number of hydrogen-bond donors (Lipinski definition) is 0. The van der Waals surface area contributed by atoms with E-state index in [4.69, 9.17) is 9.47 Å². The third-order valence-corrected chi connectivity index (χ3v) is 5.38. The van der Waals surface area contributed by atoms with Crippen molar-refractivity contribution in [2.45, 2.75) is 38.4 Å². The Labute approximate surface area is 164 Å². The number of carbonyl (C=O) groups is 2. The van der Waals surface area contributed by atoms with Crippen LogP contribution >= 0.6 is 0 Å². The summed E-state index contributed by atoms with van der Waals surface area (Å²) in [6.45, 7) is 4.29. The standard InChI is InChI=1S/C22H24N2O4/c1-15(2)19-22(28-21(26)23(19)3)24(14-16-10-6-4-7-11-16)20(25)18(27-22)17-12-8-5-9-13-17/h4-13,15,18-19H,14H2,1-3H3. The second-order valence-corrected chi connectivity index (χ2v) is 7.62. The number of likely N-dealkylation sites (N-methyl/N-ethyl adjacent to an activating group) is 1. The molecule has 2 saturated heterocycles. The fourth-order valence-electron chi connectivity index (χ4n) is 4.16. The van der Waals surface area contributed by atoms with Crippen LogP contribution in [0.15, 0.2) is 60.7 Å². The Morgan fingerprint density at radius 1 is 1.00 bits per heavy atom. The first-order chi connectivity index (χ1) is 13.4. The van der Waals surface area contributed by atoms with Crippen molar-refractivity contribution in [2.75, 3.05) is 7.05 Å². The maximum Gasteiger partial charge on any atom is 0.414 e. The summed E-state index contributed by atoms with van der Waals surface area (Å²) in [4.78, 5) is 29.0. The molecule has 2 aromatic carbocycles. The highest BCUT2D eigenvalue weighted by molar-refractivity contribution is 5.86. The maximum atomic E-state index is 13.4. The number of nitrogens with zero attached hydrogens (tertiary/aromatic N) is 2. The van der Waals surface area contributed by atoms with E-state index < -0.39 is 24.2 Å². The fraction of sp³-hybridized carbons (Fsp3) is 0.364. The Hall–Kier alpha value is -2.86. The van der Waals surface area contributed by atoms with Gasteiger partial charge in [0.05, 0.1) is 6.54 Å². The molecule has 0 aromatic heterocycles. The van der Waals surface area contributed by atoms with Crippen molar-refractivity contribution in [1.29, 1.82) is 0 Å². The molecule has 2 aromatic rings. The van der Waals surface area contributed by atoms with Crippen LogP contribution in [0.1, 0.15) is 31.1 Å². The van der Waals surface area contributed by atoms with Gasteiger partial charge in [0.15, 0.2) is 6.10 Å². The summed E-state index contributed by atoms with van der Waals surface area (Å²) in [5.41, 5.74) is 1.69. The van der Waals surface area contributed by atoms with Gasteiger partial charge in [0.1, 0.15) is 6.04 Å². The zero-order chi connectivity index (χ0) is 19.9. The molecule has 146 valence electrons. The van der Waals surface area contributed by atoms with Crippen molar-refractivity contribution in [2.24, 2.45) is 5.92 Å². The Bertz CT molecular complexity index is 871. The van der Waals surface area contributed by atoms with E-state index in [9.17, 15) is 9.59 Å². The molecule has 2 heterocycles. The summed E-state index contributed by atoms with van der Waals surface area (Å²) in [5, 5.41) is 0. The Balaban J connectivity index is 1.79. The molecule has 0 bridgehead atoms. The zero-order valence-electron chi connectivity index (χ0n) is 16.2. The first-order valence-electron chi connectivity index (χ1n) is 9.48. The summed E-state index contributed by atoms with van der Waals surface area (Å²) >= 11 is 0. The summed E-state index contributed by atoms with van der Waals surface area (Å²) in [6.07, 6.45) is -1.30. The lowest BCUT2D eigenvalue weighted by Gasteiger charge is -2.37. The molecule has 4 rings (SSSR count). The summed E-state index contributed by atoms with van der Waals surface area (Å²) in [5.74, 6) is -1.63. The number of hydrogen-bond acceptors (Lipinski definition) is 4. The number of ether oxygens (including phenoxy) is 2. The van der Waals surface area contributed by atoms with Crippen LogP contribution in [0.3, 0.4) is 0 Å². The first kappa shape index (κ1) is 18.5. The van der Waals surface area contributed by atoms with Gasteiger partial charge in [-0.05, 0) is 17.0 Å². The monoisotopic (exact) mass is 380 g/mol. The Morgan fingerprint density at radius 2 is 1.61 bits per heavy atom. The first-order valence-corrected chi connectivity index (χ1v) is 9.48. The quantitative estimate of drug-likeness (QED) is 0.814. The van der Waals surface area contributed by atoms with Crippen molar-refractivity contribution in [3.8, 4) is 0 Å². The molecule has 2 fully saturated rings. The van der Waals surface area contributed by atoms with Crippen LogP contribution < -0.4 is 0 Å². The lowest BCUT2D eigenvalue weighted by Crippen LogP contribution is -2.57. The van der Waals surface area contributed by atoms with Crippen LogP contribution in [0.4, 0.5) is 4.79 Å². The summed E-state index contributed by atoms with van der Waals surface area (Å²) < 4.78 is 12.1. The van der Waals surface area contributed by atoms with E-state index in [1.54, 1.807) is 11.9 Å². The van der Waals surface area contributed by atoms with Crippen molar-refractivity contribution in [3.05, 3.63) is 71.8 Å². The van der Waals surface area contributed by atoms with Crippen molar-refractivity contribution in [3.63, 3.8) is 0 Å². The third kappa shape index (κ3) is 2.85. The highest BCUT2D eigenvalue weighted by atomic mass is 16.8.